The molecule has 1 atom stereocenters. The number of para-hydroxylation sites is 3. The van der Waals surface area contributed by atoms with Gasteiger partial charge >= 0.3 is 0 Å². The van der Waals surface area contributed by atoms with Crippen molar-refractivity contribution in [2.75, 3.05) is 20.8 Å². The summed E-state index contributed by atoms with van der Waals surface area (Å²) in [6, 6.07) is 19.5. The smallest absolute Gasteiger partial charge is 0.148 e. The second-order valence-electron chi connectivity index (χ2n) is 8.48. The highest BCUT2D eigenvalue weighted by atomic mass is 16.5. The predicted molar refractivity (Wildman–Crippen MR) is 135 cm³/mol. The lowest BCUT2D eigenvalue weighted by Crippen LogP contribution is -2.23. The number of nitrogens with zero attached hydrogens (tertiary/aromatic N) is 2. The van der Waals surface area contributed by atoms with Gasteiger partial charge in [0, 0.05) is 5.56 Å². The van der Waals surface area contributed by atoms with Crippen molar-refractivity contribution in [3.8, 4) is 17.2 Å². The fourth-order valence-corrected chi connectivity index (χ4v) is 4.17. The van der Waals surface area contributed by atoms with E-state index in [0.717, 1.165) is 45.0 Å². The van der Waals surface area contributed by atoms with E-state index in [-0.39, 0.29) is 6.61 Å². The van der Waals surface area contributed by atoms with E-state index in [0.29, 0.717) is 25.5 Å². The third-order valence-electron chi connectivity index (χ3n) is 5.94. The van der Waals surface area contributed by atoms with Crippen molar-refractivity contribution in [2.45, 2.75) is 39.7 Å². The Kier molecular flexibility index (Phi) is 7.90. The van der Waals surface area contributed by atoms with Gasteiger partial charge in [0.25, 0.3) is 0 Å². The zero-order valence-electron chi connectivity index (χ0n) is 20.7. The number of aryl methyl sites for hydroxylation is 2. The van der Waals surface area contributed by atoms with Gasteiger partial charge < -0.3 is 28.6 Å². The Hall–Kier alpha value is -3.55. The lowest BCUT2D eigenvalue weighted by Gasteiger charge is -2.17. The molecular weight excluding hydrogens is 444 g/mol. The minimum atomic E-state index is -0.733. The Morgan fingerprint density at radius 1 is 0.914 bits per heavy atom. The number of aliphatic hydroxyl groups is 1. The quantitative estimate of drug-likeness (QED) is 0.334. The van der Waals surface area contributed by atoms with Crippen LogP contribution in [0.4, 0.5) is 0 Å². The minimum absolute atomic E-state index is 0.157. The van der Waals surface area contributed by atoms with Gasteiger partial charge in [0.15, 0.2) is 0 Å². The van der Waals surface area contributed by atoms with Crippen molar-refractivity contribution >= 4 is 11.0 Å². The molecule has 7 nitrogen and oxygen atoms in total. The van der Waals surface area contributed by atoms with Gasteiger partial charge in [0.2, 0.25) is 0 Å². The maximum atomic E-state index is 10.8. The van der Waals surface area contributed by atoms with E-state index >= 15 is 0 Å². The van der Waals surface area contributed by atoms with Crippen LogP contribution in [0.25, 0.3) is 11.0 Å². The van der Waals surface area contributed by atoms with Gasteiger partial charge in [0.1, 0.15) is 29.7 Å². The summed E-state index contributed by atoms with van der Waals surface area (Å²) in [4.78, 5) is 4.77. The van der Waals surface area contributed by atoms with Crippen molar-refractivity contribution in [3.63, 3.8) is 0 Å². The van der Waals surface area contributed by atoms with Crippen LogP contribution in [-0.4, -0.2) is 41.6 Å². The van der Waals surface area contributed by atoms with Gasteiger partial charge in [-0.3, -0.25) is 0 Å². The van der Waals surface area contributed by atoms with Crippen molar-refractivity contribution in [3.05, 3.63) is 83.2 Å². The summed E-state index contributed by atoms with van der Waals surface area (Å²) in [5.74, 6) is 3.06. The average Bonchev–Trinajstić information content (AvgIpc) is 3.20. The highest BCUT2D eigenvalue weighted by Gasteiger charge is 2.16. The highest BCUT2D eigenvalue weighted by molar-refractivity contribution is 5.75. The zero-order chi connectivity index (χ0) is 24.8. The molecule has 0 aliphatic rings. The molecule has 0 aliphatic carbocycles. The summed E-state index contributed by atoms with van der Waals surface area (Å²) in [5, 5.41) is 10.8. The first-order chi connectivity index (χ1) is 17.0. The molecule has 35 heavy (non-hydrogen) atoms. The fraction of sp³-hybridized carbons (Fsp3) is 0.321. The van der Waals surface area contributed by atoms with Crippen molar-refractivity contribution in [1.82, 2.24) is 9.55 Å². The normalized spacial score (nSPS) is 12.0. The summed E-state index contributed by atoms with van der Waals surface area (Å²) >= 11 is 0. The topological polar surface area (TPSA) is 75.0 Å². The van der Waals surface area contributed by atoms with Crippen molar-refractivity contribution < 1.29 is 24.1 Å². The maximum Gasteiger partial charge on any atom is 0.148 e. The van der Waals surface area contributed by atoms with E-state index in [1.165, 1.54) is 0 Å². The first kappa shape index (κ1) is 24.6. The number of rotatable bonds is 11. The van der Waals surface area contributed by atoms with Crippen LogP contribution in [-0.2, 0) is 24.5 Å². The summed E-state index contributed by atoms with van der Waals surface area (Å²) in [6.07, 6.45) is -0.733. The van der Waals surface area contributed by atoms with Crippen LogP contribution in [0.3, 0.4) is 0 Å². The van der Waals surface area contributed by atoms with Gasteiger partial charge in [-0.2, -0.15) is 0 Å². The molecular formula is C28H32N2O5. The molecule has 0 fully saturated rings. The van der Waals surface area contributed by atoms with Gasteiger partial charge in [-0.1, -0.05) is 30.3 Å². The number of aliphatic hydroxyl groups excluding tert-OH is 1. The second-order valence-corrected chi connectivity index (χ2v) is 8.48. The van der Waals surface area contributed by atoms with Gasteiger partial charge in [0.05, 0.1) is 51.1 Å². The number of imidazole rings is 1. The van der Waals surface area contributed by atoms with Gasteiger partial charge in [-0.15, -0.1) is 0 Å². The largest absolute Gasteiger partial charge is 0.497 e. The summed E-state index contributed by atoms with van der Waals surface area (Å²) < 4.78 is 24.7. The summed E-state index contributed by atoms with van der Waals surface area (Å²) in [7, 11) is 3.24. The highest BCUT2D eigenvalue weighted by Crippen LogP contribution is 2.26. The maximum absolute atomic E-state index is 10.8. The van der Waals surface area contributed by atoms with Crippen LogP contribution in [0.15, 0.2) is 60.7 Å². The fourth-order valence-electron chi connectivity index (χ4n) is 4.17. The minimum Gasteiger partial charge on any atom is -0.497 e. The molecule has 0 bridgehead atoms. The molecule has 0 radical (unpaired) electrons. The molecule has 0 spiro atoms. The predicted octanol–water partition coefficient (Wildman–Crippen LogP) is 4.83. The third-order valence-corrected chi connectivity index (χ3v) is 5.94. The van der Waals surface area contributed by atoms with Crippen LogP contribution in [0.1, 0.15) is 22.5 Å². The molecule has 1 heterocycles. The molecule has 1 unspecified atom stereocenters. The van der Waals surface area contributed by atoms with Crippen LogP contribution in [0, 0.1) is 13.8 Å². The molecule has 0 saturated carbocycles. The van der Waals surface area contributed by atoms with Crippen LogP contribution < -0.4 is 14.2 Å². The molecule has 4 aromatic rings. The Morgan fingerprint density at radius 3 is 2.43 bits per heavy atom. The molecule has 4 rings (SSSR count). The number of methoxy groups -OCH3 is 2. The second kappa shape index (κ2) is 11.3. The number of aromatic nitrogens is 2. The molecule has 1 N–H and O–H groups in total. The Morgan fingerprint density at radius 2 is 1.69 bits per heavy atom. The van der Waals surface area contributed by atoms with Crippen LogP contribution >= 0.6 is 0 Å². The molecule has 7 heteroatoms. The van der Waals surface area contributed by atoms with Crippen LogP contribution in [0.5, 0.6) is 17.2 Å². The number of hydrogen-bond acceptors (Lipinski definition) is 6. The summed E-state index contributed by atoms with van der Waals surface area (Å²) in [6.45, 7) is 5.15. The summed E-state index contributed by atoms with van der Waals surface area (Å²) in [5.41, 5.74) is 4.82. The molecule has 3 aromatic carbocycles. The zero-order valence-corrected chi connectivity index (χ0v) is 20.7. The van der Waals surface area contributed by atoms with E-state index in [2.05, 4.69) is 0 Å². The van der Waals surface area contributed by atoms with Crippen molar-refractivity contribution in [2.24, 2.45) is 0 Å². The Balaban J connectivity index is 1.45. The molecule has 184 valence electrons. The van der Waals surface area contributed by atoms with E-state index in [1.807, 2.05) is 79.1 Å². The average molecular weight is 477 g/mol. The number of fused-ring (bicyclic) bond motifs is 1. The molecule has 0 aliphatic heterocycles. The van der Waals surface area contributed by atoms with E-state index in [1.54, 1.807) is 14.2 Å². The lowest BCUT2D eigenvalue weighted by molar-refractivity contribution is 0.0195. The first-order valence-electron chi connectivity index (χ1n) is 11.6. The number of hydrogen-bond donors (Lipinski definition) is 1. The third kappa shape index (κ3) is 5.75. The van der Waals surface area contributed by atoms with Gasteiger partial charge in [-0.25, -0.2) is 4.98 Å². The first-order valence-corrected chi connectivity index (χ1v) is 11.6. The van der Waals surface area contributed by atoms with E-state index < -0.39 is 6.10 Å². The van der Waals surface area contributed by atoms with E-state index in [9.17, 15) is 5.11 Å². The van der Waals surface area contributed by atoms with Gasteiger partial charge in [-0.05, 0) is 55.3 Å². The standard InChI is InChI=1S/C28H32N2O5/c1-19-8-7-9-20(2)28(19)35-18-27-29-24-10-5-6-11-25(24)30(27)15-22(31)17-34-16-21-14-23(32-3)12-13-26(21)33-4/h5-14,22,31H,15-18H2,1-4H3. The van der Waals surface area contributed by atoms with Crippen molar-refractivity contribution in [1.29, 1.82) is 0 Å². The Bertz CT molecular complexity index is 1260. The van der Waals surface area contributed by atoms with Crippen LogP contribution in [0.2, 0.25) is 0 Å². The molecule has 1 aromatic heterocycles. The SMILES string of the molecule is COc1ccc(OC)c(COCC(O)Cn2c(COc3c(C)cccc3C)nc3ccccc32)c1. The number of benzene rings is 3. The van der Waals surface area contributed by atoms with E-state index in [4.69, 9.17) is 23.9 Å². The lowest BCUT2D eigenvalue weighted by atomic mass is 10.1. The monoisotopic (exact) mass is 476 g/mol. The number of ether oxygens (including phenoxy) is 4. The molecule has 0 amide bonds. The molecule has 0 saturated heterocycles. The Labute approximate surface area is 205 Å².